The Hall–Kier alpha value is -3.44. The fourth-order valence-electron chi connectivity index (χ4n) is 3.81. The molecule has 0 bridgehead atoms. The fourth-order valence-corrected chi connectivity index (χ4v) is 3.99. The topological polar surface area (TPSA) is 49.4 Å². The van der Waals surface area contributed by atoms with Crippen LogP contribution in [0.25, 0.3) is 5.57 Å². The van der Waals surface area contributed by atoms with Gasteiger partial charge >= 0.3 is 0 Å². The van der Waals surface area contributed by atoms with Crippen LogP contribution >= 0.6 is 11.6 Å². The molecule has 0 atom stereocenters. The zero-order chi connectivity index (χ0) is 23.2. The maximum absolute atomic E-state index is 13.7. The summed E-state index contributed by atoms with van der Waals surface area (Å²) in [6, 6.07) is 15.2. The Balaban J connectivity index is 1.87. The molecule has 0 fully saturated rings. The summed E-state index contributed by atoms with van der Waals surface area (Å²) >= 11 is 5.93. The van der Waals surface area contributed by atoms with Crippen molar-refractivity contribution in [3.05, 3.63) is 99.0 Å². The van der Waals surface area contributed by atoms with Crippen molar-refractivity contribution in [3.8, 4) is 0 Å². The van der Waals surface area contributed by atoms with Gasteiger partial charge in [-0.1, -0.05) is 41.4 Å². The third-order valence-electron chi connectivity index (χ3n) is 5.67. The third kappa shape index (κ3) is 3.80. The summed E-state index contributed by atoms with van der Waals surface area (Å²) in [4.78, 5) is 28.1. The van der Waals surface area contributed by atoms with Gasteiger partial charge in [0.2, 0.25) is 0 Å². The van der Waals surface area contributed by atoms with Gasteiger partial charge in [0.1, 0.15) is 11.5 Å². The maximum atomic E-state index is 13.7. The molecular formula is C26H22ClFN2O2. The summed E-state index contributed by atoms with van der Waals surface area (Å²) in [5.41, 5.74) is 6.12. The molecule has 1 aliphatic heterocycles. The van der Waals surface area contributed by atoms with E-state index in [1.165, 1.54) is 12.1 Å². The molecule has 1 heterocycles. The van der Waals surface area contributed by atoms with Crippen LogP contribution in [0.1, 0.15) is 27.8 Å². The van der Waals surface area contributed by atoms with Crippen LogP contribution in [-0.2, 0) is 9.59 Å². The van der Waals surface area contributed by atoms with E-state index in [1.54, 1.807) is 0 Å². The normalized spacial score (nSPS) is 13.9. The first kappa shape index (κ1) is 21.8. The maximum Gasteiger partial charge on any atom is 0.282 e. The molecule has 3 aromatic rings. The number of nitrogens with zero attached hydrogens (tertiary/aromatic N) is 1. The van der Waals surface area contributed by atoms with Crippen molar-refractivity contribution in [2.45, 2.75) is 27.7 Å². The Labute approximate surface area is 191 Å². The number of halogens is 2. The first-order valence-electron chi connectivity index (χ1n) is 10.2. The first-order valence-corrected chi connectivity index (χ1v) is 10.5. The van der Waals surface area contributed by atoms with Crippen LogP contribution in [0.2, 0.25) is 5.02 Å². The van der Waals surface area contributed by atoms with E-state index in [2.05, 4.69) is 5.32 Å². The number of carbonyl (C=O) groups excluding carboxylic acids is 2. The molecule has 4 nitrogen and oxygen atoms in total. The van der Waals surface area contributed by atoms with Crippen molar-refractivity contribution in [1.82, 2.24) is 0 Å². The minimum absolute atomic E-state index is 0.160. The monoisotopic (exact) mass is 448 g/mol. The largest absolute Gasteiger partial charge is 0.350 e. The van der Waals surface area contributed by atoms with Crippen molar-refractivity contribution >= 4 is 40.4 Å². The van der Waals surface area contributed by atoms with Gasteiger partial charge in [0.25, 0.3) is 11.8 Å². The zero-order valence-corrected chi connectivity index (χ0v) is 19.0. The highest BCUT2D eigenvalue weighted by molar-refractivity contribution is 6.46. The van der Waals surface area contributed by atoms with Gasteiger partial charge in [0.05, 0.1) is 16.3 Å². The predicted octanol–water partition coefficient (Wildman–Crippen LogP) is 6.11. The lowest BCUT2D eigenvalue weighted by Gasteiger charge is -2.16. The number of aryl methyl sites for hydroxylation is 4. The molecule has 0 saturated carbocycles. The Morgan fingerprint density at radius 1 is 0.812 bits per heavy atom. The van der Waals surface area contributed by atoms with Gasteiger partial charge in [-0.3, -0.25) is 9.59 Å². The summed E-state index contributed by atoms with van der Waals surface area (Å²) in [6.07, 6.45) is 0. The molecule has 162 valence electrons. The van der Waals surface area contributed by atoms with E-state index in [9.17, 15) is 14.0 Å². The lowest BCUT2D eigenvalue weighted by molar-refractivity contribution is -0.120. The summed E-state index contributed by atoms with van der Waals surface area (Å²) in [5.74, 6) is -1.63. The van der Waals surface area contributed by atoms with Crippen molar-refractivity contribution in [2.24, 2.45) is 0 Å². The smallest absolute Gasteiger partial charge is 0.282 e. The minimum atomic E-state index is -0.620. The average Bonchev–Trinajstić information content (AvgIpc) is 2.97. The van der Waals surface area contributed by atoms with E-state index in [4.69, 9.17) is 11.6 Å². The number of amides is 2. The van der Waals surface area contributed by atoms with Gasteiger partial charge in [0.15, 0.2) is 0 Å². The van der Waals surface area contributed by atoms with E-state index in [1.807, 2.05) is 64.1 Å². The number of nitrogens with one attached hydrogen (secondary N) is 1. The van der Waals surface area contributed by atoms with E-state index < -0.39 is 17.6 Å². The number of imide groups is 1. The molecule has 0 aromatic heterocycles. The van der Waals surface area contributed by atoms with E-state index in [0.717, 1.165) is 33.2 Å². The number of benzene rings is 3. The van der Waals surface area contributed by atoms with Gasteiger partial charge in [-0.15, -0.1) is 0 Å². The number of carbonyl (C=O) groups is 2. The van der Waals surface area contributed by atoms with Gasteiger partial charge in [-0.25, -0.2) is 9.29 Å². The summed E-state index contributed by atoms with van der Waals surface area (Å²) in [5, 5.41) is 3.01. The van der Waals surface area contributed by atoms with Crippen molar-refractivity contribution in [2.75, 3.05) is 10.2 Å². The Kier molecular flexibility index (Phi) is 5.61. The Morgan fingerprint density at radius 3 is 2.22 bits per heavy atom. The van der Waals surface area contributed by atoms with Crippen LogP contribution < -0.4 is 10.2 Å². The Bertz CT molecular complexity index is 1310. The standard InChI is InChI=1S/C26H22ClFN2O2/c1-14-5-9-20(17(4)11-14)23-24(29-18-7-6-15(2)16(3)12-18)26(32)30(25(23)31)19-8-10-22(28)21(27)13-19/h5-13,29H,1-4H3. The van der Waals surface area contributed by atoms with E-state index >= 15 is 0 Å². The number of anilines is 2. The Morgan fingerprint density at radius 2 is 1.56 bits per heavy atom. The number of hydrogen-bond donors (Lipinski definition) is 1. The second-order valence-corrected chi connectivity index (χ2v) is 8.44. The third-order valence-corrected chi connectivity index (χ3v) is 5.96. The van der Waals surface area contributed by atoms with Crippen LogP contribution in [0.4, 0.5) is 15.8 Å². The summed E-state index contributed by atoms with van der Waals surface area (Å²) in [7, 11) is 0. The summed E-state index contributed by atoms with van der Waals surface area (Å²) in [6.45, 7) is 7.85. The molecular weight excluding hydrogens is 427 g/mol. The predicted molar refractivity (Wildman–Crippen MR) is 126 cm³/mol. The zero-order valence-electron chi connectivity index (χ0n) is 18.2. The highest BCUT2D eigenvalue weighted by atomic mass is 35.5. The molecule has 3 aromatic carbocycles. The van der Waals surface area contributed by atoms with Crippen molar-refractivity contribution < 1.29 is 14.0 Å². The second-order valence-electron chi connectivity index (χ2n) is 8.04. The molecule has 32 heavy (non-hydrogen) atoms. The lowest BCUT2D eigenvalue weighted by Crippen LogP contribution is -2.32. The van der Waals surface area contributed by atoms with Crippen molar-refractivity contribution in [1.29, 1.82) is 0 Å². The molecule has 1 N–H and O–H groups in total. The molecule has 0 spiro atoms. The highest BCUT2D eigenvalue weighted by Gasteiger charge is 2.41. The van der Waals surface area contributed by atoms with Crippen LogP contribution in [0.15, 0.2) is 60.3 Å². The average molecular weight is 449 g/mol. The molecule has 4 rings (SSSR count). The van der Waals surface area contributed by atoms with Crippen molar-refractivity contribution in [3.63, 3.8) is 0 Å². The molecule has 0 unspecified atom stereocenters. The summed E-state index contributed by atoms with van der Waals surface area (Å²) < 4.78 is 13.7. The van der Waals surface area contributed by atoms with E-state index in [0.29, 0.717) is 11.3 Å². The van der Waals surface area contributed by atoms with Crippen LogP contribution in [0, 0.1) is 33.5 Å². The van der Waals surface area contributed by atoms with Crippen LogP contribution in [0.5, 0.6) is 0 Å². The molecule has 0 radical (unpaired) electrons. The number of hydrogen-bond acceptors (Lipinski definition) is 3. The molecule has 6 heteroatoms. The molecule has 0 aliphatic carbocycles. The first-order chi connectivity index (χ1) is 15.2. The number of rotatable bonds is 4. The van der Waals surface area contributed by atoms with Crippen LogP contribution in [0.3, 0.4) is 0 Å². The van der Waals surface area contributed by atoms with Gasteiger partial charge < -0.3 is 5.32 Å². The quantitative estimate of drug-likeness (QED) is 0.490. The lowest BCUT2D eigenvalue weighted by atomic mass is 9.97. The van der Waals surface area contributed by atoms with Gasteiger partial charge in [-0.05, 0) is 80.3 Å². The van der Waals surface area contributed by atoms with Gasteiger partial charge in [-0.2, -0.15) is 0 Å². The molecule has 2 amide bonds. The van der Waals surface area contributed by atoms with Crippen LogP contribution in [-0.4, -0.2) is 11.8 Å². The van der Waals surface area contributed by atoms with Gasteiger partial charge in [0, 0.05) is 5.69 Å². The van der Waals surface area contributed by atoms with E-state index in [-0.39, 0.29) is 22.0 Å². The molecule has 0 saturated heterocycles. The minimum Gasteiger partial charge on any atom is -0.350 e. The highest BCUT2D eigenvalue weighted by Crippen LogP contribution is 2.36. The second kappa shape index (κ2) is 8.24. The fraction of sp³-hybridized carbons (Fsp3) is 0.154. The SMILES string of the molecule is Cc1ccc(C2=C(Nc3ccc(C)c(C)c3)C(=O)N(c3ccc(F)c(Cl)c3)C2=O)c(C)c1. The molecule has 1 aliphatic rings.